The van der Waals surface area contributed by atoms with Crippen molar-refractivity contribution in [2.24, 2.45) is 0 Å². The topological polar surface area (TPSA) is 160 Å². The van der Waals surface area contributed by atoms with Gasteiger partial charge >= 0.3 is 12.2 Å². The van der Waals surface area contributed by atoms with E-state index in [4.69, 9.17) is 18.6 Å². The van der Waals surface area contributed by atoms with Crippen LogP contribution < -0.4 is 26.2 Å². The maximum Gasteiger partial charge on any atom is 0.411 e. The fraction of sp³-hybridized carbons (Fsp3) is 0.351. The third-order valence-electron chi connectivity index (χ3n) is 12.9. The first-order valence-corrected chi connectivity index (χ1v) is 27.1. The van der Waals surface area contributed by atoms with Crippen LogP contribution in [0.3, 0.4) is 0 Å². The van der Waals surface area contributed by atoms with E-state index in [1.807, 2.05) is 118 Å². The van der Waals surface area contributed by atoms with Gasteiger partial charge in [0, 0.05) is 36.1 Å². The number of aromatic nitrogens is 1. The van der Waals surface area contributed by atoms with Crippen LogP contribution in [0.1, 0.15) is 95.6 Å². The fourth-order valence-electron chi connectivity index (χ4n) is 8.20. The summed E-state index contributed by atoms with van der Waals surface area (Å²) in [4.78, 5) is 40.4. The van der Waals surface area contributed by atoms with E-state index in [9.17, 15) is 19.5 Å². The summed E-state index contributed by atoms with van der Waals surface area (Å²) in [5, 5.41) is 20.8. The van der Waals surface area contributed by atoms with Gasteiger partial charge in [-0.1, -0.05) is 106 Å². The molecule has 1 saturated carbocycles. The number of rotatable bonds is 16. The maximum absolute atomic E-state index is 13.3. The van der Waals surface area contributed by atoms with E-state index in [0.717, 1.165) is 50.3 Å². The Morgan fingerprint density at radius 1 is 0.800 bits per heavy atom. The van der Waals surface area contributed by atoms with Crippen LogP contribution in [0.15, 0.2) is 132 Å². The van der Waals surface area contributed by atoms with Crippen LogP contribution in [0, 0.1) is 0 Å². The zero-order valence-electron chi connectivity index (χ0n) is 41.7. The van der Waals surface area contributed by atoms with Crippen molar-refractivity contribution in [1.29, 1.82) is 0 Å². The van der Waals surface area contributed by atoms with Gasteiger partial charge in [-0.3, -0.25) is 10.1 Å². The van der Waals surface area contributed by atoms with Gasteiger partial charge in [0.05, 0.1) is 17.3 Å². The van der Waals surface area contributed by atoms with E-state index >= 15 is 0 Å². The van der Waals surface area contributed by atoms with Crippen LogP contribution >= 0.6 is 0 Å². The summed E-state index contributed by atoms with van der Waals surface area (Å²) in [7, 11) is -2.21. The second kappa shape index (κ2) is 22.4. The summed E-state index contributed by atoms with van der Waals surface area (Å²) in [5.41, 5.74) is 6.15. The van der Waals surface area contributed by atoms with Crippen LogP contribution in [-0.4, -0.2) is 54.9 Å². The number of carbonyl (C=O) groups excluding carboxylic acids is 2. The van der Waals surface area contributed by atoms with Crippen molar-refractivity contribution in [2.45, 2.75) is 122 Å². The van der Waals surface area contributed by atoms with Gasteiger partial charge in [0.15, 0.2) is 8.32 Å². The van der Waals surface area contributed by atoms with Gasteiger partial charge in [-0.15, -0.1) is 0 Å². The van der Waals surface area contributed by atoms with Crippen molar-refractivity contribution in [1.82, 2.24) is 15.6 Å². The number of aromatic amines is 1. The van der Waals surface area contributed by atoms with Crippen molar-refractivity contribution >= 4 is 43.2 Å². The standard InChI is InChI=1S/C57H68N4O8Si/c1-56(2,3)68-55(65)59-42-22-28-45(29-23-42)67-54(64)60-49-35-39(21-30-46(49)41-15-10-9-11-16-41)14-12-13-38-17-24-43(25-18-38)66-44-26-19-40(20-27-44)36-58-37-51(69-70(7,8)57(4,5)6)47-31-33-50(62)53-48(47)32-34-52(63)61-53/h9-12,14-21,24-27,30-35,42,45,51,58,62H,13,22-23,28-29,36-37H2,1-8H3,(H,59,65)(H,60,64)(H,61,63)/b14-12+/t42-,45-,51-/m0/s1. The molecule has 1 aliphatic rings. The van der Waals surface area contributed by atoms with Crippen molar-refractivity contribution < 1.29 is 33.3 Å². The van der Waals surface area contributed by atoms with Crippen LogP contribution in [0.4, 0.5) is 15.3 Å². The van der Waals surface area contributed by atoms with Crippen molar-refractivity contribution in [2.75, 3.05) is 11.9 Å². The fourth-order valence-corrected chi connectivity index (χ4v) is 9.47. The number of phenols is 1. The zero-order valence-corrected chi connectivity index (χ0v) is 42.7. The molecule has 1 atom stereocenters. The highest BCUT2D eigenvalue weighted by molar-refractivity contribution is 6.74. The van der Waals surface area contributed by atoms with Gasteiger partial charge in [0.1, 0.15) is 29.0 Å². The first-order valence-electron chi connectivity index (χ1n) is 24.2. The van der Waals surface area contributed by atoms with Crippen LogP contribution in [0.2, 0.25) is 18.1 Å². The predicted octanol–water partition coefficient (Wildman–Crippen LogP) is 13.2. The highest BCUT2D eigenvalue weighted by Crippen LogP contribution is 2.41. The molecule has 5 N–H and O–H groups in total. The minimum Gasteiger partial charge on any atom is -0.506 e. The van der Waals surface area contributed by atoms with E-state index in [2.05, 4.69) is 73.0 Å². The number of ether oxygens (including phenoxy) is 3. The van der Waals surface area contributed by atoms with E-state index < -0.39 is 26.1 Å². The van der Waals surface area contributed by atoms with Crippen LogP contribution in [0.25, 0.3) is 28.1 Å². The Morgan fingerprint density at radius 3 is 2.13 bits per heavy atom. The summed E-state index contributed by atoms with van der Waals surface area (Å²) in [6.45, 7) is 17.7. The molecular weight excluding hydrogens is 897 g/mol. The lowest BCUT2D eigenvalue weighted by Crippen LogP contribution is -2.43. The quantitative estimate of drug-likeness (QED) is 0.0595. The average Bonchev–Trinajstić information content (AvgIpc) is 3.30. The van der Waals surface area contributed by atoms with Gasteiger partial charge in [-0.25, -0.2) is 9.59 Å². The number of pyridine rings is 1. The SMILES string of the molecule is CC(C)(C)OC(=O)N[C@H]1CC[C@H](OC(=O)Nc2cc(/C=C/Cc3ccc(Oc4ccc(CNC[C@H](O[Si](C)(C)C(C)(C)C)c5ccc(O)c6[nH]c(=O)ccc56)cc4)cc3)ccc2-c2ccccc2)CC1. The summed E-state index contributed by atoms with van der Waals surface area (Å²) in [6, 6.07) is 38.7. The number of nitrogens with one attached hydrogen (secondary N) is 4. The van der Waals surface area contributed by atoms with Gasteiger partial charge in [-0.05, 0) is 141 Å². The lowest BCUT2D eigenvalue weighted by molar-refractivity contribution is 0.0440. The van der Waals surface area contributed by atoms with Crippen molar-refractivity contribution in [3.8, 4) is 28.4 Å². The number of alkyl carbamates (subject to hydrolysis) is 1. The molecule has 6 aromatic rings. The number of anilines is 1. The molecule has 1 fully saturated rings. The maximum atomic E-state index is 13.3. The molecule has 0 aliphatic heterocycles. The molecule has 12 nitrogen and oxygen atoms in total. The zero-order chi connectivity index (χ0) is 50.1. The van der Waals surface area contributed by atoms with E-state index in [1.54, 1.807) is 12.1 Å². The second-order valence-corrected chi connectivity index (χ2v) is 25.4. The Bertz CT molecular complexity index is 2810. The molecular formula is C57H68N4O8Si. The lowest BCUT2D eigenvalue weighted by atomic mass is 9.93. The number of aromatic hydroxyl groups is 1. The number of fused-ring (bicyclic) bond motifs is 1. The normalized spacial score (nSPS) is 15.9. The minimum atomic E-state index is -2.21. The molecule has 1 aromatic heterocycles. The molecule has 5 aromatic carbocycles. The third-order valence-corrected chi connectivity index (χ3v) is 17.4. The predicted molar refractivity (Wildman–Crippen MR) is 282 cm³/mol. The number of carbonyl (C=O) groups is 2. The first kappa shape index (κ1) is 51.2. The highest BCUT2D eigenvalue weighted by atomic mass is 28.4. The number of amides is 2. The summed E-state index contributed by atoms with van der Waals surface area (Å²) in [5.74, 6) is 1.49. The van der Waals surface area contributed by atoms with Crippen molar-refractivity contribution in [3.63, 3.8) is 0 Å². The monoisotopic (exact) mass is 964 g/mol. The molecule has 70 heavy (non-hydrogen) atoms. The van der Waals surface area contributed by atoms with E-state index in [-0.39, 0.29) is 34.6 Å². The molecule has 1 heterocycles. The number of H-pyrrole nitrogens is 1. The summed E-state index contributed by atoms with van der Waals surface area (Å²) < 4.78 is 24.5. The Balaban J connectivity index is 0.918. The molecule has 2 amide bonds. The average molecular weight is 965 g/mol. The molecule has 7 rings (SSSR count). The molecule has 0 unspecified atom stereocenters. The van der Waals surface area contributed by atoms with Crippen molar-refractivity contribution in [3.05, 3.63) is 160 Å². The number of hydrogen-bond donors (Lipinski definition) is 5. The molecule has 0 saturated heterocycles. The van der Waals surface area contributed by atoms with Gasteiger partial charge < -0.3 is 39.4 Å². The largest absolute Gasteiger partial charge is 0.506 e. The molecule has 0 bridgehead atoms. The molecule has 13 heteroatoms. The Kier molecular flexibility index (Phi) is 16.4. The number of phenolic OH excluding ortho intramolecular Hbond substituents is 1. The van der Waals surface area contributed by atoms with Gasteiger partial charge in [-0.2, -0.15) is 0 Å². The summed E-state index contributed by atoms with van der Waals surface area (Å²) >= 11 is 0. The minimum absolute atomic E-state index is 0.0183. The highest BCUT2D eigenvalue weighted by Gasteiger charge is 2.40. The van der Waals surface area contributed by atoms with E-state index in [0.29, 0.717) is 56.4 Å². The smallest absolute Gasteiger partial charge is 0.411 e. The molecule has 1 aliphatic carbocycles. The number of hydrogen-bond acceptors (Lipinski definition) is 9. The lowest BCUT2D eigenvalue weighted by Gasteiger charge is -2.39. The molecule has 0 spiro atoms. The second-order valence-electron chi connectivity index (χ2n) is 20.6. The van der Waals surface area contributed by atoms with E-state index in [1.165, 1.54) is 6.07 Å². The van der Waals surface area contributed by atoms with Gasteiger partial charge in [0.25, 0.3) is 0 Å². The molecule has 368 valence electrons. The number of allylic oxidation sites excluding steroid dienone is 1. The van der Waals surface area contributed by atoms with Crippen LogP contribution in [0.5, 0.6) is 17.2 Å². The summed E-state index contributed by atoms with van der Waals surface area (Å²) in [6.07, 6.45) is 6.04. The van der Waals surface area contributed by atoms with Crippen LogP contribution in [-0.2, 0) is 26.9 Å². The Hall–Kier alpha value is -6.67. The molecule has 0 radical (unpaired) electrons. The van der Waals surface area contributed by atoms with Gasteiger partial charge in [0.2, 0.25) is 5.56 Å². The third kappa shape index (κ3) is 14.2. The first-order chi connectivity index (χ1) is 33.3. The Morgan fingerprint density at radius 2 is 1.47 bits per heavy atom. The number of benzene rings is 5. The Labute approximate surface area is 413 Å².